The Labute approximate surface area is 95.5 Å². The zero-order valence-corrected chi connectivity index (χ0v) is 9.44. The summed E-state index contributed by atoms with van der Waals surface area (Å²) in [6, 6.07) is 5.97. The molecule has 16 heavy (non-hydrogen) atoms. The van der Waals surface area contributed by atoms with E-state index in [0.29, 0.717) is 0 Å². The molecule has 0 radical (unpaired) electrons. The lowest BCUT2D eigenvalue weighted by Crippen LogP contribution is -2.13. The molecule has 0 fully saturated rings. The predicted octanol–water partition coefficient (Wildman–Crippen LogP) is 2.84. The molecule has 0 aromatic carbocycles. The molecule has 2 aromatic rings. The monoisotopic (exact) mass is 216 g/mol. The van der Waals surface area contributed by atoms with Crippen molar-refractivity contribution < 1.29 is 4.42 Å². The van der Waals surface area contributed by atoms with Gasteiger partial charge in [-0.1, -0.05) is 13.0 Å². The quantitative estimate of drug-likeness (QED) is 0.781. The van der Waals surface area contributed by atoms with Gasteiger partial charge in [-0.25, -0.2) is 0 Å². The van der Waals surface area contributed by atoms with Gasteiger partial charge in [-0.15, -0.1) is 0 Å². The highest BCUT2D eigenvalue weighted by atomic mass is 16.3. The van der Waals surface area contributed by atoms with Gasteiger partial charge in [-0.3, -0.25) is 4.98 Å². The summed E-state index contributed by atoms with van der Waals surface area (Å²) < 4.78 is 5.48. The maximum atomic E-state index is 5.48. The summed E-state index contributed by atoms with van der Waals surface area (Å²) in [6.45, 7) is 3.93. The fraction of sp³-hybridized carbons (Fsp3) is 0.308. The van der Waals surface area contributed by atoms with E-state index in [-0.39, 0.29) is 0 Å². The molecule has 0 aliphatic carbocycles. The smallest absolute Gasteiger partial charge is 0.125 e. The van der Waals surface area contributed by atoms with Crippen LogP contribution in [0, 0.1) is 0 Å². The first-order valence-electron chi connectivity index (χ1n) is 5.59. The van der Waals surface area contributed by atoms with Gasteiger partial charge in [0.2, 0.25) is 0 Å². The van der Waals surface area contributed by atoms with Gasteiger partial charge in [-0.05, 0) is 25.1 Å². The first kappa shape index (κ1) is 10.9. The summed E-state index contributed by atoms with van der Waals surface area (Å²) >= 11 is 0. The summed E-state index contributed by atoms with van der Waals surface area (Å²) in [5, 5.41) is 3.33. The lowest BCUT2D eigenvalue weighted by molar-refractivity contribution is 0.484. The van der Waals surface area contributed by atoms with Crippen LogP contribution in [0.25, 0.3) is 11.1 Å². The van der Waals surface area contributed by atoms with Crippen LogP contribution in [0.2, 0.25) is 0 Å². The van der Waals surface area contributed by atoms with Crippen molar-refractivity contribution >= 4 is 0 Å². The van der Waals surface area contributed by atoms with E-state index in [1.807, 2.05) is 24.4 Å². The molecule has 0 aliphatic rings. The Morgan fingerprint density at radius 1 is 1.38 bits per heavy atom. The topological polar surface area (TPSA) is 38.1 Å². The first-order valence-corrected chi connectivity index (χ1v) is 5.59. The summed E-state index contributed by atoms with van der Waals surface area (Å²) in [6.07, 6.45) is 6.49. The molecular weight excluding hydrogens is 200 g/mol. The van der Waals surface area contributed by atoms with E-state index in [4.69, 9.17) is 4.42 Å². The second kappa shape index (κ2) is 5.47. The van der Waals surface area contributed by atoms with Crippen molar-refractivity contribution in [3.8, 4) is 11.1 Å². The maximum Gasteiger partial charge on any atom is 0.125 e. The Kier molecular flexibility index (Phi) is 3.72. The molecular formula is C13H16N2O. The molecule has 84 valence electrons. The molecule has 0 amide bonds. The number of furan rings is 1. The van der Waals surface area contributed by atoms with E-state index in [1.165, 1.54) is 0 Å². The van der Waals surface area contributed by atoms with Crippen LogP contribution in [0.5, 0.6) is 0 Å². The molecule has 2 rings (SSSR count). The molecule has 2 aromatic heterocycles. The van der Waals surface area contributed by atoms with Crippen LogP contribution >= 0.6 is 0 Å². The molecule has 0 atom stereocenters. The van der Waals surface area contributed by atoms with E-state index < -0.39 is 0 Å². The van der Waals surface area contributed by atoms with Crippen molar-refractivity contribution in [2.24, 2.45) is 0 Å². The second-order valence-corrected chi connectivity index (χ2v) is 3.68. The van der Waals surface area contributed by atoms with Crippen molar-refractivity contribution in [1.29, 1.82) is 0 Å². The average Bonchev–Trinajstić information content (AvgIpc) is 2.79. The van der Waals surface area contributed by atoms with Crippen LogP contribution in [0.3, 0.4) is 0 Å². The standard InChI is InChI=1S/C13H16N2O/c1-2-6-14-10-13-12(5-8-16-13)11-4-3-7-15-9-11/h3-5,7-9,14H,2,6,10H2,1H3. The Bertz CT molecular complexity index is 423. The molecule has 0 unspecified atom stereocenters. The van der Waals surface area contributed by atoms with Crippen molar-refractivity contribution in [2.45, 2.75) is 19.9 Å². The summed E-state index contributed by atoms with van der Waals surface area (Å²) in [4.78, 5) is 4.12. The normalized spacial score (nSPS) is 10.6. The highest BCUT2D eigenvalue weighted by Crippen LogP contribution is 2.23. The van der Waals surface area contributed by atoms with Crippen LogP contribution < -0.4 is 5.32 Å². The molecule has 0 saturated carbocycles. The Hall–Kier alpha value is -1.61. The summed E-state index contributed by atoms with van der Waals surface area (Å²) in [5.41, 5.74) is 2.22. The van der Waals surface area contributed by atoms with Gasteiger partial charge in [0, 0.05) is 23.5 Å². The van der Waals surface area contributed by atoms with Crippen LogP contribution in [-0.4, -0.2) is 11.5 Å². The number of rotatable bonds is 5. The first-order chi connectivity index (χ1) is 7.92. The second-order valence-electron chi connectivity index (χ2n) is 3.68. The molecule has 3 heteroatoms. The van der Waals surface area contributed by atoms with E-state index in [1.54, 1.807) is 12.5 Å². The molecule has 0 spiro atoms. The average molecular weight is 216 g/mol. The lowest BCUT2D eigenvalue weighted by atomic mass is 10.1. The number of aromatic nitrogens is 1. The zero-order chi connectivity index (χ0) is 11.2. The molecule has 3 nitrogen and oxygen atoms in total. The molecule has 0 bridgehead atoms. The fourth-order valence-electron chi connectivity index (χ4n) is 1.64. The van der Waals surface area contributed by atoms with Crippen LogP contribution in [-0.2, 0) is 6.54 Å². The number of nitrogens with one attached hydrogen (secondary N) is 1. The number of hydrogen-bond acceptors (Lipinski definition) is 3. The molecule has 1 N–H and O–H groups in total. The fourth-order valence-corrected chi connectivity index (χ4v) is 1.64. The maximum absolute atomic E-state index is 5.48. The zero-order valence-electron chi connectivity index (χ0n) is 9.44. The predicted molar refractivity (Wildman–Crippen MR) is 63.9 cm³/mol. The van der Waals surface area contributed by atoms with E-state index in [0.717, 1.165) is 36.4 Å². The highest BCUT2D eigenvalue weighted by Gasteiger charge is 2.07. The van der Waals surface area contributed by atoms with Gasteiger partial charge in [0.25, 0.3) is 0 Å². The lowest BCUT2D eigenvalue weighted by Gasteiger charge is -2.03. The van der Waals surface area contributed by atoms with Gasteiger partial charge in [0.05, 0.1) is 12.8 Å². The van der Waals surface area contributed by atoms with Gasteiger partial charge < -0.3 is 9.73 Å². The van der Waals surface area contributed by atoms with Crippen molar-refractivity contribution in [3.05, 3.63) is 42.6 Å². The third-order valence-corrected chi connectivity index (χ3v) is 2.43. The van der Waals surface area contributed by atoms with Gasteiger partial charge in [0.1, 0.15) is 5.76 Å². The Morgan fingerprint density at radius 3 is 3.06 bits per heavy atom. The van der Waals surface area contributed by atoms with Crippen molar-refractivity contribution in [2.75, 3.05) is 6.54 Å². The third kappa shape index (κ3) is 2.49. The SMILES string of the molecule is CCCNCc1occc1-c1cccnc1. The number of pyridine rings is 1. The largest absolute Gasteiger partial charge is 0.467 e. The molecule has 2 heterocycles. The van der Waals surface area contributed by atoms with E-state index in [9.17, 15) is 0 Å². The summed E-state index contributed by atoms with van der Waals surface area (Å²) in [7, 11) is 0. The molecule has 0 saturated heterocycles. The van der Waals surface area contributed by atoms with Crippen LogP contribution in [0.4, 0.5) is 0 Å². The van der Waals surface area contributed by atoms with Gasteiger partial charge in [0.15, 0.2) is 0 Å². The van der Waals surface area contributed by atoms with Crippen molar-refractivity contribution in [1.82, 2.24) is 10.3 Å². The van der Waals surface area contributed by atoms with Crippen LogP contribution in [0.15, 0.2) is 41.3 Å². The number of nitrogens with zero attached hydrogens (tertiary/aromatic N) is 1. The van der Waals surface area contributed by atoms with E-state index in [2.05, 4.69) is 17.2 Å². The van der Waals surface area contributed by atoms with Gasteiger partial charge >= 0.3 is 0 Å². The van der Waals surface area contributed by atoms with Crippen LogP contribution in [0.1, 0.15) is 19.1 Å². The van der Waals surface area contributed by atoms with Crippen molar-refractivity contribution in [3.63, 3.8) is 0 Å². The molecule has 0 aliphatic heterocycles. The Morgan fingerprint density at radius 2 is 2.31 bits per heavy atom. The number of hydrogen-bond donors (Lipinski definition) is 1. The minimum Gasteiger partial charge on any atom is -0.467 e. The minimum absolute atomic E-state index is 0.769. The Balaban J connectivity index is 2.13. The van der Waals surface area contributed by atoms with Gasteiger partial charge in [-0.2, -0.15) is 0 Å². The summed E-state index contributed by atoms with van der Waals surface area (Å²) in [5.74, 6) is 0.974. The minimum atomic E-state index is 0.769. The van der Waals surface area contributed by atoms with E-state index >= 15 is 0 Å². The third-order valence-electron chi connectivity index (χ3n) is 2.43. The highest BCUT2D eigenvalue weighted by molar-refractivity contribution is 5.64.